The first kappa shape index (κ1) is 12.0. The predicted octanol–water partition coefficient (Wildman–Crippen LogP) is 1.85. The van der Waals surface area contributed by atoms with Gasteiger partial charge in [-0.3, -0.25) is 9.89 Å². The number of aromatic amines is 1. The van der Waals surface area contributed by atoms with E-state index >= 15 is 0 Å². The van der Waals surface area contributed by atoms with Crippen LogP contribution in [0.2, 0.25) is 0 Å². The number of carboxylic acids is 1. The fourth-order valence-electron chi connectivity index (χ4n) is 1.28. The van der Waals surface area contributed by atoms with Crippen molar-refractivity contribution in [1.29, 1.82) is 0 Å². The molecule has 0 aliphatic rings. The average Bonchev–Trinajstić information content (AvgIpc) is 2.60. The molecule has 1 heterocycles. The van der Waals surface area contributed by atoms with Crippen LogP contribution < -0.4 is 0 Å². The molecule has 0 unspecified atom stereocenters. The summed E-state index contributed by atoms with van der Waals surface area (Å²) in [7, 11) is 0. The highest BCUT2D eigenvalue weighted by molar-refractivity contribution is 8.01. The zero-order chi connectivity index (χ0) is 11.5. The van der Waals surface area contributed by atoms with Crippen LogP contribution in [0.5, 0.6) is 0 Å². The lowest BCUT2D eigenvalue weighted by Crippen LogP contribution is -2.33. The molecule has 5 nitrogen and oxygen atoms in total. The van der Waals surface area contributed by atoms with Crippen molar-refractivity contribution in [2.75, 3.05) is 0 Å². The molecule has 0 bridgehead atoms. The van der Waals surface area contributed by atoms with Crippen molar-refractivity contribution < 1.29 is 9.90 Å². The molecule has 1 aromatic heterocycles. The minimum Gasteiger partial charge on any atom is -0.480 e. The molecule has 0 atom stereocenters. The molecule has 0 spiro atoms. The highest BCUT2D eigenvalue weighted by Crippen LogP contribution is 2.36. The van der Waals surface area contributed by atoms with Gasteiger partial charge in [-0.05, 0) is 19.8 Å². The van der Waals surface area contributed by atoms with Gasteiger partial charge in [0.2, 0.25) is 5.16 Å². The molecule has 15 heavy (non-hydrogen) atoms. The van der Waals surface area contributed by atoms with Crippen molar-refractivity contribution >= 4 is 17.7 Å². The second-order valence-electron chi connectivity index (χ2n) is 3.31. The number of aryl methyl sites for hydroxylation is 1. The number of H-pyrrole nitrogens is 1. The van der Waals surface area contributed by atoms with Crippen LogP contribution in [0, 0.1) is 6.92 Å². The second-order valence-corrected chi connectivity index (χ2v) is 4.66. The van der Waals surface area contributed by atoms with E-state index in [0.717, 1.165) is 0 Å². The number of nitrogens with zero attached hydrogens (tertiary/aromatic N) is 2. The Kier molecular flexibility index (Phi) is 3.73. The van der Waals surface area contributed by atoms with Gasteiger partial charge in [0.05, 0.1) is 0 Å². The molecule has 2 N–H and O–H groups in total. The van der Waals surface area contributed by atoms with E-state index < -0.39 is 10.7 Å². The van der Waals surface area contributed by atoms with Crippen LogP contribution in [0.15, 0.2) is 5.16 Å². The quantitative estimate of drug-likeness (QED) is 0.753. The van der Waals surface area contributed by atoms with Gasteiger partial charge >= 0.3 is 5.97 Å². The number of hydrogen-bond acceptors (Lipinski definition) is 4. The van der Waals surface area contributed by atoms with Gasteiger partial charge in [0, 0.05) is 0 Å². The van der Waals surface area contributed by atoms with Gasteiger partial charge in [-0.15, -0.1) is 5.10 Å². The van der Waals surface area contributed by atoms with Crippen molar-refractivity contribution in [2.24, 2.45) is 0 Å². The molecule has 6 heteroatoms. The maximum absolute atomic E-state index is 11.2. The molecule has 0 fully saturated rings. The molecule has 0 saturated carbocycles. The van der Waals surface area contributed by atoms with Crippen molar-refractivity contribution in [3.8, 4) is 0 Å². The van der Waals surface area contributed by atoms with Crippen LogP contribution in [0.4, 0.5) is 0 Å². The van der Waals surface area contributed by atoms with E-state index in [-0.39, 0.29) is 0 Å². The van der Waals surface area contributed by atoms with Crippen molar-refractivity contribution in [2.45, 2.75) is 43.5 Å². The second kappa shape index (κ2) is 4.65. The lowest BCUT2D eigenvalue weighted by atomic mass is 10.0. The summed E-state index contributed by atoms with van der Waals surface area (Å²) in [5.41, 5.74) is 0. The Balaban J connectivity index is 2.88. The summed E-state index contributed by atoms with van der Waals surface area (Å²) in [4.78, 5) is 15.3. The number of hydrogen-bond donors (Lipinski definition) is 2. The van der Waals surface area contributed by atoms with Gasteiger partial charge in [-0.25, -0.2) is 4.98 Å². The number of nitrogens with one attached hydrogen (secondary N) is 1. The maximum atomic E-state index is 11.2. The number of carboxylic acid groups (broad SMARTS) is 1. The summed E-state index contributed by atoms with van der Waals surface area (Å²) in [6.07, 6.45) is 1.11. The van der Waals surface area contributed by atoms with E-state index in [1.807, 2.05) is 13.8 Å². The summed E-state index contributed by atoms with van der Waals surface area (Å²) in [5.74, 6) is -0.107. The Morgan fingerprint density at radius 1 is 1.53 bits per heavy atom. The Hall–Kier alpha value is -1.04. The molecule has 0 radical (unpaired) electrons. The molecular formula is C9H15N3O2S. The molecule has 0 aliphatic carbocycles. The van der Waals surface area contributed by atoms with Crippen LogP contribution in [0.1, 0.15) is 32.5 Å². The molecule has 1 rings (SSSR count). The highest BCUT2D eigenvalue weighted by Gasteiger charge is 2.37. The summed E-state index contributed by atoms with van der Waals surface area (Å²) >= 11 is 1.21. The summed E-state index contributed by atoms with van der Waals surface area (Å²) < 4.78 is -0.811. The zero-order valence-corrected chi connectivity index (χ0v) is 9.89. The summed E-state index contributed by atoms with van der Waals surface area (Å²) in [5, 5.41) is 16.3. The lowest BCUT2D eigenvalue weighted by molar-refractivity contribution is -0.140. The molecule has 1 aromatic rings. The maximum Gasteiger partial charge on any atom is 0.320 e. The fourth-order valence-corrected chi connectivity index (χ4v) is 2.28. The Labute approximate surface area is 92.7 Å². The number of thioether (sulfide) groups is 1. The van der Waals surface area contributed by atoms with Crippen LogP contribution in [0.3, 0.4) is 0 Å². The third-order valence-corrected chi connectivity index (χ3v) is 3.90. The largest absolute Gasteiger partial charge is 0.480 e. The van der Waals surface area contributed by atoms with Crippen molar-refractivity contribution in [1.82, 2.24) is 15.2 Å². The topological polar surface area (TPSA) is 78.9 Å². The molecule has 0 aromatic carbocycles. The first-order chi connectivity index (χ1) is 7.04. The Bertz CT molecular complexity index is 347. The smallest absolute Gasteiger partial charge is 0.320 e. The molecule has 0 amide bonds. The van der Waals surface area contributed by atoms with Gasteiger partial charge in [-0.2, -0.15) is 0 Å². The molecule has 0 saturated heterocycles. The van der Waals surface area contributed by atoms with E-state index in [1.54, 1.807) is 6.92 Å². The van der Waals surface area contributed by atoms with E-state index in [9.17, 15) is 9.90 Å². The first-order valence-electron chi connectivity index (χ1n) is 4.85. The lowest BCUT2D eigenvalue weighted by Gasteiger charge is -2.23. The fraction of sp³-hybridized carbons (Fsp3) is 0.667. The predicted molar refractivity (Wildman–Crippen MR) is 57.9 cm³/mol. The number of aromatic nitrogens is 3. The van der Waals surface area contributed by atoms with Crippen molar-refractivity contribution in [3.63, 3.8) is 0 Å². The number of rotatable bonds is 5. The third-order valence-electron chi connectivity index (χ3n) is 2.40. The standard InChI is InChI=1S/C9H15N3O2S/c1-4-9(5-2,7(13)14)15-8-10-6(3)11-12-8/h4-5H2,1-3H3,(H,13,14)(H,10,11,12). The van der Waals surface area contributed by atoms with Gasteiger partial charge in [0.1, 0.15) is 10.6 Å². The van der Waals surface area contributed by atoms with Crippen LogP contribution in [-0.4, -0.2) is 31.0 Å². The zero-order valence-electron chi connectivity index (χ0n) is 9.07. The number of carbonyl (C=O) groups is 1. The Morgan fingerprint density at radius 2 is 2.13 bits per heavy atom. The molecule has 84 valence electrons. The van der Waals surface area contributed by atoms with Gasteiger partial charge in [0.15, 0.2) is 0 Å². The summed E-state index contributed by atoms with van der Waals surface area (Å²) in [6, 6.07) is 0. The SMILES string of the molecule is CCC(CC)(Sc1n[nH]c(C)n1)C(=O)O. The minimum absolute atomic E-state index is 0.499. The monoisotopic (exact) mass is 229 g/mol. The third kappa shape index (κ3) is 2.50. The minimum atomic E-state index is -0.811. The van der Waals surface area contributed by atoms with Crippen LogP contribution in [0.25, 0.3) is 0 Å². The van der Waals surface area contributed by atoms with E-state index in [0.29, 0.717) is 23.8 Å². The first-order valence-corrected chi connectivity index (χ1v) is 5.67. The van der Waals surface area contributed by atoms with Crippen LogP contribution >= 0.6 is 11.8 Å². The summed E-state index contributed by atoms with van der Waals surface area (Å²) in [6.45, 7) is 5.52. The van der Waals surface area contributed by atoms with E-state index in [4.69, 9.17) is 0 Å². The van der Waals surface area contributed by atoms with Gasteiger partial charge in [-0.1, -0.05) is 25.6 Å². The average molecular weight is 229 g/mol. The normalized spacial score (nSPS) is 11.7. The van der Waals surface area contributed by atoms with Gasteiger partial charge < -0.3 is 5.11 Å². The van der Waals surface area contributed by atoms with Crippen LogP contribution in [-0.2, 0) is 4.79 Å². The highest BCUT2D eigenvalue weighted by atomic mass is 32.2. The van der Waals surface area contributed by atoms with E-state index in [2.05, 4.69) is 15.2 Å². The van der Waals surface area contributed by atoms with Crippen molar-refractivity contribution in [3.05, 3.63) is 5.82 Å². The molecular weight excluding hydrogens is 214 g/mol. The van der Waals surface area contributed by atoms with Gasteiger partial charge in [0.25, 0.3) is 0 Å². The molecule has 0 aliphatic heterocycles. The Morgan fingerprint density at radius 3 is 2.47 bits per heavy atom. The van der Waals surface area contributed by atoms with E-state index in [1.165, 1.54) is 11.8 Å². The number of aliphatic carboxylic acids is 1.